The maximum atomic E-state index is 5.88. The van der Waals surface area contributed by atoms with Crippen molar-refractivity contribution in [3.05, 3.63) is 0 Å². The highest BCUT2D eigenvalue weighted by atomic mass is 15.1. The van der Waals surface area contributed by atoms with Crippen LogP contribution in [-0.2, 0) is 0 Å². The number of hydrogen-bond acceptors (Lipinski definition) is 2. The zero-order chi connectivity index (χ0) is 11.8. The molecule has 2 heteroatoms. The maximum Gasteiger partial charge on any atom is 0.0241 e. The minimum absolute atomic E-state index is 0.555. The lowest BCUT2D eigenvalue weighted by Gasteiger charge is -2.33. The Morgan fingerprint density at radius 1 is 1.20 bits per heavy atom. The normalized spacial score (nSPS) is 17.8. The third kappa shape index (κ3) is 5.53. The van der Waals surface area contributed by atoms with E-state index in [-0.39, 0.29) is 0 Å². The predicted octanol–water partition coefficient (Wildman–Crippen LogP) is 2.73. The Hall–Kier alpha value is -0.0800. The molecule has 3 unspecified atom stereocenters. The summed E-state index contributed by atoms with van der Waals surface area (Å²) in [7, 11) is 2.22. The summed E-state index contributed by atoms with van der Waals surface area (Å²) in [5.74, 6) is 1.49. The number of likely N-dealkylation sites (N-methyl/N-ethyl adjacent to an activating group) is 1. The van der Waals surface area contributed by atoms with Crippen LogP contribution in [0.4, 0.5) is 0 Å². The SMILES string of the molecule is CCCC(C)C(CN)N(C)CC(C)CC. The van der Waals surface area contributed by atoms with Gasteiger partial charge in [0.25, 0.3) is 0 Å². The van der Waals surface area contributed by atoms with Gasteiger partial charge in [0, 0.05) is 19.1 Å². The third-order valence-corrected chi connectivity index (χ3v) is 3.51. The van der Waals surface area contributed by atoms with Crippen LogP contribution in [0.5, 0.6) is 0 Å². The summed E-state index contributed by atoms with van der Waals surface area (Å²) < 4.78 is 0. The second kappa shape index (κ2) is 8.12. The molecule has 0 rings (SSSR count). The van der Waals surface area contributed by atoms with Gasteiger partial charge in [0.2, 0.25) is 0 Å². The Kier molecular flexibility index (Phi) is 8.07. The molecule has 15 heavy (non-hydrogen) atoms. The van der Waals surface area contributed by atoms with E-state index in [4.69, 9.17) is 5.73 Å². The summed E-state index contributed by atoms with van der Waals surface area (Å²) in [4.78, 5) is 2.45. The van der Waals surface area contributed by atoms with Crippen LogP contribution in [0.1, 0.15) is 47.0 Å². The number of rotatable bonds is 8. The summed E-state index contributed by atoms with van der Waals surface area (Å²) in [5, 5.41) is 0. The minimum atomic E-state index is 0.555. The second-order valence-corrected chi connectivity index (χ2v) is 5.02. The van der Waals surface area contributed by atoms with Crippen LogP contribution in [0.2, 0.25) is 0 Å². The fourth-order valence-electron chi connectivity index (χ4n) is 2.25. The molecule has 0 aliphatic heterocycles. The predicted molar refractivity (Wildman–Crippen MR) is 69.0 cm³/mol. The summed E-state index contributed by atoms with van der Waals surface area (Å²) >= 11 is 0. The maximum absolute atomic E-state index is 5.88. The van der Waals surface area contributed by atoms with Crippen molar-refractivity contribution < 1.29 is 0 Å². The topological polar surface area (TPSA) is 29.3 Å². The van der Waals surface area contributed by atoms with Crippen LogP contribution in [0.15, 0.2) is 0 Å². The van der Waals surface area contributed by atoms with Gasteiger partial charge in [0.05, 0.1) is 0 Å². The summed E-state index contributed by atoms with van der Waals surface area (Å²) in [6, 6.07) is 0.555. The van der Waals surface area contributed by atoms with Gasteiger partial charge >= 0.3 is 0 Å². The van der Waals surface area contributed by atoms with Gasteiger partial charge in [-0.3, -0.25) is 0 Å². The summed E-state index contributed by atoms with van der Waals surface area (Å²) in [6.07, 6.45) is 3.80. The Morgan fingerprint density at radius 2 is 1.80 bits per heavy atom. The monoisotopic (exact) mass is 214 g/mol. The molecule has 0 aliphatic carbocycles. The van der Waals surface area contributed by atoms with Gasteiger partial charge in [-0.25, -0.2) is 0 Å². The molecule has 0 spiro atoms. The van der Waals surface area contributed by atoms with Gasteiger partial charge < -0.3 is 10.6 Å². The van der Waals surface area contributed by atoms with Crippen LogP contribution in [-0.4, -0.2) is 31.1 Å². The fraction of sp³-hybridized carbons (Fsp3) is 1.00. The number of nitrogens with zero attached hydrogens (tertiary/aromatic N) is 1. The average molecular weight is 214 g/mol. The molecule has 0 aliphatic rings. The second-order valence-electron chi connectivity index (χ2n) is 5.02. The molecule has 0 fully saturated rings. The standard InChI is InChI=1S/C13H30N2/c1-6-8-12(4)13(9-14)15(5)10-11(3)7-2/h11-13H,6-10,14H2,1-5H3. The van der Waals surface area contributed by atoms with Gasteiger partial charge in [0.15, 0.2) is 0 Å². The van der Waals surface area contributed by atoms with Crippen molar-refractivity contribution >= 4 is 0 Å². The highest BCUT2D eigenvalue weighted by Gasteiger charge is 2.20. The van der Waals surface area contributed by atoms with E-state index in [1.54, 1.807) is 0 Å². The third-order valence-electron chi connectivity index (χ3n) is 3.51. The molecule has 2 nitrogen and oxygen atoms in total. The molecule has 3 atom stereocenters. The van der Waals surface area contributed by atoms with Crippen molar-refractivity contribution in [3.63, 3.8) is 0 Å². The van der Waals surface area contributed by atoms with Crippen molar-refractivity contribution in [2.24, 2.45) is 17.6 Å². The molecule has 0 saturated heterocycles. The first-order valence-corrected chi connectivity index (χ1v) is 6.47. The van der Waals surface area contributed by atoms with Crippen molar-refractivity contribution in [1.29, 1.82) is 0 Å². The van der Waals surface area contributed by atoms with Crippen LogP contribution in [0.3, 0.4) is 0 Å². The Bertz CT molecular complexity index is 147. The largest absolute Gasteiger partial charge is 0.329 e. The molecule has 0 aromatic rings. The van der Waals surface area contributed by atoms with Gasteiger partial charge in [0.1, 0.15) is 0 Å². The molecule has 0 saturated carbocycles. The zero-order valence-electron chi connectivity index (χ0n) is 11.3. The van der Waals surface area contributed by atoms with Gasteiger partial charge in [-0.05, 0) is 25.3 Å². The molecule has 0 heterocycles. The molecule has 92 valence electrons. The lowest BCUT2D eigenvalue weighted by atomic mass is 9.95. The highest BCUT2D eigenvalue weighted by molar-refractivity contribution is 4.76. The number of hydrogen-bond donors (Lipinski definition) is 1. The quantitative estimate of drug-likeness (QED) is 0.673. The molecular formula is C13H30N2. The van der Waals surface area contributed by atoms with Crippen molar-refractivity contribution in [1.82, 2.24) is 4.90 Å². The van der Waals surface area contributed by atoms with E-state index < -0.39 is 0 Å². The molecule has 0 radical (unpaired) electrons. The highest BCUT2D eigenvalue weighted by Crippen LogP contribution is 2.16. The first kappa shape index (κ1) is 14.9. The van der Waals surface area contributed by atoms with E-state index >= 15 is 0 Å². The van der Waals surface area contributed by atoms with E-state index in [1.165, 1.54) is 25.8 Å². The first-order chi connectivity index (χ1) is 7.06. The zero-order valence-corrected chi connectivity index (χ0v) is 11.3. The van der Waals surface area contributed by atoms with Crippen LogP contribution in [0.25, 0.3) is 0 Å². The summed E-state index contributed by atoms with van der Waals surface area (Å²) in [5.41, 5.74) is 5.88. The van der Waals surface area contributed by atoms with Crippen molar-refractivity contribution in [3.8, 4) is 0 Å². The van der Waals surface area contributed by atoms with Crippen LogP contribution < -0.4 is 5.73 Å². The molecule has 2 N–H and O–H groups in total. The van der Waals surface area contributed by atoms with E-state index in [0.29, 0.717) is 12.0 Å². The number of nitrogens with two attached hydrogens (primary N) is 1. The van der Waals surface area contributed by atoms with Gasteiger partial charge in [-0.2, -0.15) is 0 Å². The van der Waals surface area contributed by atoms with E-state index in [9.17, 15) is 0 Å². The van der Waals surface area contributed by atoms with Crippen molar-refractivity contribution in [2.75, 3.05) is 20.1 Å². The minimum Gasteiger partial charge on any atom is -0.329 e. The molecular weight excluding hydrogens is 184 g/mol. The smallest absolute Gasteiger partial charge is 0.0241 e. The molecule has 0 amide bonds. The van der Waals surface area contributed by atoms with Gasteiger partial charge in [-0.15, -0.1) is 0 Å². The summed E-state index contributed by atoms with van der Waals surface area (Å²) in [6.45, 7) is 11.1. The fourth-order valence-corrected chi connectivity index (χ4v) is 2.25. The lowest BCUT2D eigenvalue weighted by Crippen LogP contribution is -2.44. The van der Waals surface area contributed by atoms with Gasteiger partial charge in [-0.1, -0.05) is 40.5 Å². The van der Waals surface area contributed by atoms with Crippen LogP contribution in [0, 0.1) is 11.8 Å². The van der Waals surface area contributed by atoms with Crippen molar-refractivity contribution in [2.45, 2.75) is 53.0 Å². The lowest BCUT2D eigenvalue weighted by molar-refractivity contribution is 0.160. The molecule has 0 bridgehead atoms. The Balaban J connectivity index is 4.13. The van der Waals surface area contributed by atoms with E-state index in [0.717, 1.165) is 12.5 Å². The molecule has 0 aromatic heterocycles. The van der Waals surface area contributed by atoms with E-state index in [2.05, 4.69) is 39.6 Å². The Morgan fingerprint density at radius 3 is 2.20 bits per heavy atom. The molecule has 0 aromatic carbocycles. The van der Waals surface area contributed by atoms with Crippen LogP contribution >= 0.6 is 0 Å². The Labute approximate surface area is 96.2 Å². The average Bonchev–Trinajstić information content (AvgIpc) is 2.19. The first-order valence-electron chi connectivity index (χ1n) is 6.47. The van der Waals surface area contributed by atoms with E-state index in [1.807, 2.05) is 0 Å².